The topological polar surface area (TPSA) is 85.0 Å². The van der Waals surface area contributed by atoms with Crippen molar-refractivity contribution < 1.29 is 23.5 Å². The van der Waals surface area contributed by atoms with Gasteiger partial charge in [0.15, 0.2) is 11.5 Å². The number of aryl methyl sites for hydroxylation is 1. The van der Waals surface area contributed by atoms with Gasteiger partial charge in [0.2, 0.25) is 6.43 Å². The molecule has 1 N–H and O–H groups in total. The Balaban J connectivity index is 0.000000468. The van der Waals surface area contributed by atoms with Crippen molar-refractivity contribution in [2.75, 3.05) is 0 Å². The monoisotopic (exact) mass is 482 g/mol. The average molecular weight is 483 g/mol. The normalized spacial score (nSPS) is 14.7. The second-order valence-electron chi connectivity index (χ2n) is 8.65. The summed E-state index contributed by atoms with van der Waals surface area (Å²) >= 11 is 6.01. The molecule has 9 heteroatoms. The lowest BCUT2D eigenvalue weighted by Crippen LogP contribution is -2.05. The minimum Gasteiger partial charge on any atom is -0.504 e. The van der Waals surface area contributed by atoms with E-state index in [0.717, 1.165) is 35.5 Å². The highest BCUT2D eigenvalue weighted by atomic mass is 35.5. The lowest BCUT2D eigenvalue weighted by molar-refractivity contribution is -0.384. The molecular weight excluding hydrogens is 454 g/mol. The summed E-state index contributed by atoms with van der Waals surface area (Å²) in [6.07, 6.45) is 0.212. The Morgan fingerprint density at radius 3 is 2.33 bits per heavy atom. The van der Waals surface area contributed by atoms with E-state index >= 15 is 0 Å². The van der Waals surface area contributed by atoms with Crippen molar-refractivity contribution in [1.29, 1.82) is 0 Å². The number of halogens is 3. The van der Waals surface area contributed by atoms with Crippen LogP contribution in [-0.4, -0.2) is 22.2 Å². The molecular formula is C24H29ClF2N2O4. The van der Waals surface area contributed by atoms with E-state index in [0.29, 0.717) is 24.5 Å². The maximum atomic E-state index is 11.6. The van der Waals surface area contributed by atoms with E-state index in [4.69, 9.17) is 21.3 Å². The third-order valence-electron chi connectivity index (χ3n) is 5.47. The summed E-state index contributed by atoms with van der Waals surface area (Å²) < 4.78 is 28.8. The Bertz CT molecular complexity index is 1010. The van der Waals surface area contributed by atoms with Gasteiger partial charge in [-0.05, 0) is 55.9 Å². The molecule has 0 unspecified atom stereocenters. The summed E-state index contributed by atoms with van der Waals surface area (Å²) in [4.78, 5) is 14.9. The lowest BCUT2D eigenvalue weighted by Gasteiger charge is -2.12. The largest absolute Gasteiger partial charge is 0.504 e. The van der Waals surface area contributed by atoms with Crippen LogP contribution in [0.2, 0.25) is 5.02 Å². The molecule has 3 rings (SSSR count). The van der Waals surface area contributed by atoms with Crippen molar-refractivity contribution in [2.24, 2.45) is 16.3 Å². The van der Waals surface area contributed by atoms with Gasteiger partial charge in [0, 0.05) is 17.2 Å². The van der Waals surface area contributed by atoms with E-state index < -0.39 is 22.5 Å². The van der Waals surface area contributed by atoms with Crippen LogP contribution in [0.3, 0.4) is 0 Å². The first-order valence-corrected chi connectivity index (χ1v) is 11.1. The molecule has 0 spiro atoms. The third kappa shape index (κ3) is 7.12. The molecule has 0 aliphatic heterocycles. The minimum atomic E-state index is -2.09. The van der Waals surface area contributed by atoms with Gasteiger partial charge in [-0.2, -0.15) is 0 Å². The van der Waals surface area contributed by atoms with Crippen molar-refractivity contribution >= 4 is 28.7 Å². The number of aromatic hydroxyl groups is 1. The predicted molar refractivity (Wildman–Crippen MR) is 127 cm³/mol. The van der Waals surface area contributed by atoms with Crippen LogP contribution >= 0.6 is 11.6 Å². The summed E-state index contributed by atoms with van der Waals surface area (Å²) in [7, 11) is 0. The molecule has 2 aromatic rings. The van der Waals surface area contributed by atoms with Gasteiger partial charge >= 0.3 is 0 Å². The quantitative estimate of drug-likeness (QED) is 0.244. The zero-order valence-corrected chi connectivity index (χ0v) is 20.1. The molecule has 2 aromatic carbocycles. The Labute approximate surface area is 197 Å². The zero-order valence-electron chi connectivity index (χ0n) is 19.4. The number of hydrogen-bond acceptors (Lipinski definition) is 5. The second-order valence-corrected chi connectivity index (χ2v) is 9.06. The van der Waals surface area contributed by atoms with Crippen LogP contribution in [0, 0.1) is 28.4 Å². The van der Waals surface area contributed by atoms with E-state index in [9.17, 15) is 24.0 Å². The van der Waals surface area contributed by atoms with Crippen LogP contribution in [0.1, 0.15) is 52.5 Å². The summed E-state index contributed by atoms with van der Waals surface area (Å²) in [5.74, 6) is 0.405. The Kier molecular flexibility index (Phi) is 8.77. The molecule has 1 aliphatic carbocycles. The van der Waals surface area contributed by atoms with Crippen molar-refractivity contribution in [3.63, 3.8) is 0 Å². The highest BCUT2D eigenvalue weighted by Crippen LogP contribution is 2.49. The molecule has 0 radical (unpaired) electrons. The molecule has 0 atom stereocenters. The number of phenols is 1. The molecule has 1 fully saturated rings. The number of phenolic OH excluding ortho intramolecular Hbond substituents is 1. The van der Waals surface area contributed by atoms with Gasteiger partial charge in [-0.25, -0.2) is 8.78 Å². The maximum Gasteiger partial charge on any atom is 0.274 e. The van der Waals surface area contributed by atoms with Crippen molar-refractivity contribution in [3.8, 4) is 17.2 Å². The number of nitrogens with zero attached hydrogens (tertiary/aromatic N) is 2. The number of ether oxygens (including phenoxy) is 1. The Morgan fingerprint density at radius 2 is 1.94 bits per heavy atom. The van der Waals surface area contributed by atoms with Gasteiger partial charge in [0.05, 0.1) is 21.7 Å². The number of aliphatic imine (C=N–C) groups is 1. The van der Waals surface area contributed by atoms with Gasteiger partial charge in [0.1, 0.15) is 5.75 Å². The summed E-state index contributed by atoms with van der Waals surface area (Å²) in [6.45, 7) is 9.82. The fourth-order valence-corrected chi connectivity index (χ4v) is 3.14. The fourth-order valence-electron chi connectivity index (χ4n) is 2.89. The molecule has 1 saturated carbocycles. The first-order valence-electron chi connectivity index (χ1n) is 10.7. The van der Waals surface area contributed by atoms with Crippen LogP contribution in [0.4, 0.5) is 20.2 Å². The number of non-ortho nitro benzene ring substituents is 1. The third-order valence-corrected chi connectivity index (χ3v) is 5.75. The second kappa shape index (κ2) is 10.9. The standard InChI is InChI=1S/C19H21ClN2O4.C5H8F2/c1-5-16(11(2)3)21-17-7-6-14(8-12(17)4)26-19-15(20)9-13(22(24)25)10-18(19)23;1-5(2-3-5)4(6)7/h6-11,23H,5H2,1-4H3;4H,2-3H2,1H3. The molecule has 180 valence electrons. The van der Waals surface area contributed by atoms with Crippen molar-refractivity contribution in [3.05, 3.63) is 51.0 Å². The van der Waals surface area contributed by atoms with Crippen LogP contribution in [0.25, 0.3) is 0 Å². The fraction of sp³-hybridized carbons (Fsp3) is 0.458. The van der Waals surface area contributed by atoms with E-state index in [1.807, 2.05) is 13.0 Å². The lowest BCUT2D eigenvalue weighted by atomic mass is 10.1. The molecule has 0 heterocycles. The number of rotatable bonds is 7. The van der Waals surface area contributed by atoms with Gasteiger partial charge in [0.25, 0.3) is 5.69 Å². The van der Waals surface area contributed by atoms with E-state index in [1.165, 1.54) is 0 Å². The van der Waals surface area contributed by atoms with Crippen LogP contribution < -0.4 is 4.74 Å². The predicted octanol–water partition coefficient (Wildman–Crippen LogP) is 8.24. The van der Waals surface area contributed by atoms with Gasteiger partial charge in [-0.15, -0.1) is 0 Å². The van der Waals surface area contributed by atoms with Gasteiger partial charge < -0.3 is 9.84 Å². The highest BCUT2D eigenvalue weighted by Gasteiger charge is 2.46. The van der Waals surface area contributed by atoms with Crippen molar-refractivity contribution in [2.45, 2.75) is 60.3 Å². The zero-order chi connectivity index (χ0) is 24.9. The molecule has 0 bridgehead atoms. The number of alkyl halides is 2. The molecule has 6 nitrogen and oxygen atoms in total. The first kappa shape index (κ1) is 26.5. The first-order chi connectivity index (χ1) is 15.4. The molecule has 0 amide bonds. The van der Waals surface area contributed by atoms with Crippen LogP contribution in [0.15, 0.2) is 35.3 Å². The summed E-state index contributed by atoms with van der Waals surface area (Å²) in [5, 5.41) is 20.7. The summed E-state index contributed by atoms with van der Waals surface area (Å²) in [5.41, 5.74) is 1.98. The molecule has 33 heavy (non-hydrogen) atoms. The summed E-state index contributed by atoms with van der Waals surface area (Å²) in [6, 6.07) is 7.47. The molecule has 1 aliphatic rings. The average Bonchev–Trinajstić information content (AvgIpc) is 3.49. The van der Waals surface area contributed by atoms with Crippen LogP contribution in [0.5, 0.6) is 17.2 Å². The number of nitro groups is 1. The van der Waals surface area contributed by atoms with E-state index in [-0.39, 0.29) is 16.5 Å². The van der Waals surface area contributed by atoms with Crippen molar-refractivity contribution in [1.82, 2.24) is 0 Å². The number of hydrogen-bond donors (Lipinski definition) is 1. The minimum absolute atomic E-state index is 0.0238. The van der Waals surface area contributed by atoms with Crippen LogP contribution in [-0.2, 0) is 0 Å². The molecule has 0 saturated heterocycles. The van der Waals surface area contributed by atoms with E-state index in [1.54, 1.807) is 19.1 Å². The number of nitro benzene ring substituents is 1. The molecule has 0 aromatic heterocycles. The smallest absolute Gasteiger partial charge is 0.274 e. The SMILES string of the molecule is CC1(C(F)F)CC1.CCC(=Nc1ccc(Oc2c(O)cc([N+](=O)[O-])cc2Cl)cc1C)C(C)C. The number of benzene rings is 2. The highest BCUT2D eigenvalue weighted by molar-refractivity contribution is 6.32. The van der Waals surface area contributed by atoms with Gasteiger partial charge in [-0.1, -0.05) is 39.3 Å². The Hall–Kier alpha value is -2.74. The van der Waals surface area contributed by atoms with E-state index in [2.05, 4.69) is 20.8 Å². The Morgan fingerprint density at radius 1 is 1.30 bits per heavy atom. The maximum absolute atomic E-state index is 11.6. The van der Waals surface area contributed by atoms with Gasteiger partial charge in [-0.3, -0.25) is 15.1 Å².